The first-order chi connectivity index (χ1) is 60.6. The Balaban J connectivity index is 0.807. The van der Waals surface area contributed by atoms with Crippen LogP contribution in [0.1, 0.15) is 89.0 Å². The number of ether oxygens (including phenoxy) is 12. The molecule has 0 aromatic heterocycles. The maximum Gasteiger partial charge on any atom is 0.123 e. The quantitative estimate of drug-likeness (QED) is 0.0367. The van der Waals surface area contributed by atoms with E-state index >= 15 is 0 Å². The summed E-state index contributed by atoms with van der Waals surface area (Å²) in [5.41, 5.74) is 15.8. The highest BCUT2D eigenvalue weighted by atomic mass is 79.9. The Morgan fingerprint density at radius 3 is 0.480 bits per heavy atom. The van der Waals surface area contributed by atoms with Crippen LogP contribution >= 0.6 is 31.9 Å². The summed E-state index contributed by atoms with van der Waals surface area (Å²) in [4.78, 5) is 0. The summed E-state index contributed by atoms with van der Waals surface area (Å²) in [5, 5.41) is 0. The summed E-state index contributed by atoms with van der Waals surface area (Å²) >= 11 is 8.06. The summed E-state index contributed by atoms with van der Waals surface area (Å²) in [6.07, 6.45) is 0. The maximum atomic E-state index is 7.30. The molecule has 0 radical (unpaired) electrons. The van der Waals surface area contributed by atoms with Gasteiger partial charge in [-0.1, -0.05) is 287 Å². The van der Waals surface area contributed by atoms with Gasteiger partial charge >= 0.3 is 0 Å². The van der Waals surface area contributed by atoms with Crippen LogP contribution in [-0.2, 0) is 84.7 Å². The van der Waals surface area contributed by atoms with Gasteiger partial charge < -0.3 is 56.8 Å². The molecule has 16 aromatic rings. The number of rotatable bonds is 38. The number of halogens is 2. The van der Waals surface area contributed by atoms with Gasteiger partial charge in [0.05, 0.1) is 5.41 Å². The van der Waals surface area contributed by atoms with E-state index in [0.29, 0.717) is 122 Å². The molecular weight excluding hydrogens is 1660 g/mol. The van der Waals surface area contributed by atoms with Gasteiger partial charge in [0.15, 0.2) is 0 Å². The Labute approximate surface area is 734 Å². The van der Waals surface area contributed by atoms with Gasteiger partial charge in [-0.2, -0.15) is 0 Å². The Kier molecular flexibility index (Phi) is 26.5. The normalized spacial score (nSPS) is 11.6. The SMILES string of the molecule is Brc1ccc2c(c1)C(c1cc(OCc3cc(OCc4ccccc4)cc(OCc4ccccc4)c3)cc(OCc3cc(OCc4ccccc4)cc(OCc4ccccc4)c3)c1)(c1cc(OCc3cc(OCc4ccccc4)cc(OCc4ccccc4)c3)cc(OCc3cc(OCc4ccccc4)cc(OCc4ccccc4)c3)c1)c1cc(Br)ccc1-2. The summed E-state index contributed by atoms with van der Waals surface area (Å²) in [6.45, 7) is 3.15. The van der Waals surface area contributed by atoms with Gasteiger partial charge in [0.25, 0.3) is 0 Å². The molecule has 0 saturated carbocycles. The molecule has 123 heavy (non-hydrogen) atoms. The van der Waals surface area contributed by atoms with Crippen LogP contribution in [0, 0.1) is 0 Å². The fourth-order valence-electron chi connectivity index (χ4n) is 15.1. The molecule has 0 unspecified atom stereocenters. The van der Waals surface area contributed by atoms with E-state index < -0.39 is 5.41 Å². The molecule has 14 heteroatoms. The van der Waals surface area contributed by atoms with Gasteiger partial charge in [0.2, 0.25) is 0 Å². The fraction of sp³-hybridized carbons (Fsp3) is 0.119. The molecule has 12 nitrogen and oxygen atoms in total. The largest absolute Gasteiger partial charge is 0.489 e. The lowest BCUT2D eigenvalue weighted by molar-refractivity contribution is 0.275. The average molecular weight is 1750 g/mol. The van der Waals surface area contributed by atoms with Gasteiger partial charge in [0.1, 0.15) is 148 Å². The van der Waals surface area contributed by atoms with E-state index in [-0.39, 0.29) is 26.4 Å². The molecule has 16 aromatic carbocycles. The number of hydrogen-bond acceptors (Lipinski definition) is 12. The van der Waals surface area contributed by atoms with Crippen LogP contribution in [0.3, 0.4) is 0 Å². The Hall–Kier alpha value is -13.9. The molecule has 0 N–H and O–H groups in total. The topological polar surface area (TPSA) is 111 Å². The Morgan fingerprint density at radius 1 is 0.154 bits per heavy atom. The van der Waals surface area contributed by atoms with Crippen molar-refractivity contribution in [3.63, 3.8) is 0 Å². The molecule has 1 aliphatic rings. The highest BCUT2D eigenvalue weighted by Crippen LogP contribution is 2.59. The third kappa shape index (κ3) is 21.8. The van der Waals surface area contributed by atoms with Crippen LogP contribution in [0.25, 0.3) is 11.1 Å². The van der Waals surface area contributed by atoms with Crippen molar-refractivity contribution >= 4 is 31.9 Å². The van der Waals surface area contributed by atoms with Crippen LogP contribution in [0.4, 0.5) is 0 Å². The number of hydrogen-bond donors (Lipinski definition) is 0. The Bertz CT molecular complexity index is 5230. The molecule has 0 amide bonds. The van der Waals surface area contributed by atoms with E-state index in [0.717, 1.165) is 109 Å². The summed E-state index contributed by atoms with van der Waals surface area (Å²) in [7, 11) is 0. The zero-order valence-electron chi connectivity index (χ0n) is 67.6. The molecular formula is C109H88Br2O12. The van der Waals surface area contributed by atoms with Crippen LogP contribution in [0.2, 0.25) is 0 Å². The predicted molar refractivity (Wildman–Crippen MR) is 488 cm³/mol. The molecule has 0 atom stereocenters. The zero-order valence-corrected chi connectivity index (χ0v) is 70.8. The second-order valence-corrected chi connectivity index (χ2v) is 31.9. The minimum atomic E-state index is -1.21. The minimum absolute atomic E-state index is 0.101. The molecule has 0 spiro atoms. The molecule has 1 aliphatic carbocycles. The molecule has 0 aliphatic heterocycles. The van der Waals surface area contributed by atoms with E-state index in [9.17, 15) is 0 Å². The van der Waals surface area contributed by atoms with Crippen LogP contribution in [0.5, 0.6) is 69.0 Å². The lowest BCUT2D eigenvalue weighted by atomic mass is 9.67. The zero-order chi connectivity index (χ0) is 83.2. The Morgan fingerprint density at radius 2 is 0.309 bits per heavy atom. The first-order valence-corrected chi connectivity index (χ1v) is 42.5. The predicted octanol–water partition coefficient (Wildman–Crippen LogP) is 26.5. The second-order valence-electron chi connectivity index (χ2n) is 30.1. The molecule has 0 bridgehead atoms. The highest BCUT2D eigenvalue weighted by Gasteiger charge is 2.48. The van der Waals surface area contributed by atoms with Crippen molar-refractivity contribution in [3.8, 4) is 80.1 Å². The third-order valence-electron chi connectivity index (χ3n) is 21.1. The summed E-state index contributed by atoms with van der Waals surface area (Å²) < 4.78 is 83.7. The number of fused-ring (bicyclic) bond motifs is 3. The molecule has 610 valence electrons. The van der Waals surface area contributed by atoms with Crippen LogP contribution in [-0.4, -0.2) is 0 Å². The van der Waals surface area contributed by atoms with E-state index in [1.807, 2.05) is 231 Å². The summed E-state index contributed by atoms with van der Waals surface area (Å²) in [6, 6.07) is 130. The average Bonchev–Trinajstić information content (AvgIpc) is 1.53. The van der Waals surface area contributed by atoms with Crippen molar-refractivity contribution < 1.29 is 56.8 Å². The molecule has 0 fully saturated rings. The third-order valence-corrected chi connectivity index (χ3v) is 22.0. The lowest BCUT2D eigenvalue weighted by Crippen LogP contribution is -2.29. The van der Waals surface area contributed by atoms with E-state index in [4.69, 9.17) is 56.8 Å². The minimum Gasteiger partial charge on any atom is -0.489 e. The number of benzene rings is 16. The van der Waals surface area contributed by atoms with Gasteiger partial charge in [-0.3, -0.25) is 0 Å². The van der Waals surface area contributed by atoms with Gasteiger partial charge in [-0.25, -0.2) is 0 Å². The fourth-order valence-corrected chi connectivity index (χ4v) is 15.8. The standard InChI is InChI=1S/C109H88Br2O12/c110-91-41-43-105-106-44-42-92(111)58-108(106)109(107(105)57-91,89-53-101(120-73-85-45-93(112-65-77-25-9-1-10-26-77)59-94(46-85)113-66-78-27-11-2-12-28-78)63-102(54-89)121-74-86-47-95(114-67-79-29-13-3-14-30-79)60-96(48-86)115-68-80-31-15-4-16-32-80)90-55-103(122-75-87-49-97(116-69-81-33-17-5-18-34-81)61-98(50-87)117-70-82-35-19-6-20-36-82)64-104(56-90)123-76-88-51-99(118-71-83-37-21-7-22-38-83)62-100(52-88)119-72-84-39-23-8-24-40-84/h1-64H,65-76H2. The van der Waals surface area contributed by atoms with Gasteiger partial charge in [-0.15, -0.1) is 0 Å². The van der Waals surface area contributed by atoms with E-state index in [1.165, 1.54) is 0 Å². The molecule has 0 heterocycles. The van der Waals surface area contributed by atoms with Gasteiger partial charge in [0, 0.05) is 45.3 Å². The lowest BCUT2D eigenvalue weighted by Gasteiger charge is -2.35. The van der Waals surface area contributed by atoms with Crippen LogP contribution in [0.15, 0.2) is 397 Å². The van der Waals surface area contributed by atoms with Crippen molar-refractivity contribution in [1.29, 1.82) is 0 Å². The van der Waals surface area contributed by atoms with Crippen molar-refractivity contribution in [2.75, 3.05) is 0 Å². The molecule has 0 saturated heterocycles. The van der Waals surface area contributed by atoms with Crippen molar-refractivity contribution in [1.82, 2.24) is 0 Å². The molecule has 17 rings (SSSR count). The van der Waals surface area contributed by atoms with Crippen molar-refractivity contribution in [2.45, 2.75) is 84.7 Å². The smallest absolute Gasteiger partial charge is 0.123 e. The second kappa shape index (κ2) is 40.0. The van der Waals surface area contributed by atoms with Crippen molar-refractivity contribution in [2.24, 2.45) is 0 Å². The van der Waals surface area contributed by atoms with E-state index in [2.05, 4.69) is 190 Å². The summed E-state index contributed by atoms with van der Waals surface area (Å²) in [5.74, 6) is 7.05. The van der Waals surface area contributed by atoms with Gasteiger partial charge in [-0.05, 0) is 197 Å². The van der Waals surface area contributed by atoms with Crippen molar-refractivity contribution in [3.05, 3.63) is 486 Å². The highest BCUT2D eigenvalue weighted by molar-refractivity contribution is 9.10. The van der Waals surface area contributed by atoms with Crippen LogP contribution < -0.4 is 56.8 Å². The maximum absolute atomic E-state index is 7.30. The van der Waals surface area contributed by atoms with E-state index in [1.54, 1.807) is 0 Å². The monoisotopic (exact) mass is 1750 g/mol. The first-order valence-electron chi connectivity index (χ1n) is 40.9. The first kappa shape index (κ1) is 81.4.